The lowest BCUT2D eigenvalue weighted by molar-refractivity contribution is -0.126. The summed E-state index contributed by atoms with van der Waals surface area (Å²) in [7, 11) is 0. The second-order valence-electron chi connectivity index (χ2n) is 6.82. The molecule has 3 unspecified atom stereocenters. The smallest absolute Gasteiger partial charge is 0.245 e. The number of aliphatic imine (C=N–C) groups is 1. The average Bonchev–Trinajstić information content (AvgIpc) is 2.94. The third-order valence-corrected chi connectivity index (χ3v) is 6.60. The van der Waals surface area contributed by atoms with E-state index in [-0.39, 0.29) is 5.91 Å². The third kappa shape index (κ3) is 2.11. The van der Waals surface area contributed by atoms with Crippen molar-refractivity contribution in [1.82, 2.24) is 5.32 Å². The van der Waals surface area contributed by atoms with Gasteiger partial charge in [0.25, 0.3) is 0 Å². The first-order chi connectivity index (χ1) is 8.79. The maximum atomic E-state index is 12.1. The molecule has 1 amide bonds. The van der Waals surface area contributed by atoms with Gasteiger partial charge in [-0.1, -0.05) is 18.2 Å². The summed E-state index contributed by atoms with van der Waals surface area (Å²) in [6, 6.07) is 0.380. The summed E-state index contributed by atoms with van der Waals surface area (Å²) in [5.41, 5.74) is -1.06. The molecule has 1 aliphatic heterocycles. The van der Waals surface area contributed by atoms with Crippen LogP contribution < -0.4 is 5.32 Å². The maximum Gasteiger partial charge on any atom is 0.245 e. The van der Waals surface area contributed by atoms with E-state index in [1.807, 2.05) is 0 Å². The number of nitrogens with one attached hydrogen (secondary N) is 1. The van der Waals surface area contributed by atoms with Gasteiger partial charge in [0.15, 0.2) is 5.17 Å². The van der Waals surface area contributed by atoms with Gasteiger partial charge in [-0.2, -0.15) is 0 Å². The summed E-state index contributed by atoms with van der Waals surface area (Å²) < 4.78 is -0.844. The molecule has 19 heavy (non-hydrogen) atoms. The summed E-state index contributed by atoms with van der Waals surface area (Å²) in [6.45, 7) is 5.15. The van der Waals surface area contributed by atoms with Crippen molar-refractivity contribution < 1.29 is 9.90 Å². The van der Waals surface area contributed by atoms with Crippen LogP contribution in [0.2, 0.25) is 0 Å². The molecule has 1 heterocycles. The molecule has 0 aromatic rings. The Bertz CT molecular complexity index is 443. The molecule has 2 N–H and O–H groups in total. The minimum atomic E-state index is -1.06. The van der Waals surface area contributed by atoms with Crippen LogP contribution in [0.15, 0.2) is 4.99 Å². The predicted octanol–water partition coefficient (Wildman–Crippen LogP) is 1.92. The van der Waals surface area contributed by atoms with Crippen LogP contribution in [0.25, 0.3) is 0 Å². The van der Waals surface area contributed by atoms with Gasteiger partial charge in [-0.05, 0) is 51.9 Å². The quantitative estimate of drug-likeness (QED) is 0.813. The van der Waals surface area contributed by atoms with Crippen molar-refractivity contribution in [2.45, 2.75) is 62.8 Å². The summed E-state index contributed by atoms with van der Waals surface area (Å²) in [5, 5.41) is 13.7. The van der Waals surface area contributed by atoms with Crippen molar-refractivity contribution in [3.63, 3.8) is 0 Å². The largest absolute Gasteiger partial charge is 0.388 e. The number of amidine groups is 1. The molecule has 106 valence electrons. The van der Waals surface area contributed by atoms with Crippen LogP contribution in [0.3, 0.4) is 0 Å². The fourth-order valence-corrected chi connectivity index (χ4v) is 4.57. The highest BCUT2D eigenvalue weighted by Gasteiger charge is 2.53. The predicted molar refractivity (Wildman–Crippen MR) is 77.1 cm³/mol. The van der Waals surface area contributed by atoms with Gasteiger partial charge < -0.3 is 10.4 Å². The van der Waals surface area contributed by atoms with Gasteiger partial charge in [0, 0.05) is 0 Å². The molecule has 3 fully saturated rings. The number of hydrogen-bond acceptors (Lipinski definition) is 4. The molecule has 1 saturated heterocycles. The van der Waals surface area contributed by atoms with E-state index < -0.39 is 10.3 Å². The SMILES string of the molecule is CC(C)(O)C1(C)SC(=NC2C[C@@H]3CCC2C3)NC1=O. The first-order valence-electron chi connectivity index (χ1n) is 7.10. The number of hydrogen-bond donors (Lipinski definition) is 2. The molecule has 2 saturated carbocycles. The van der Waals surface area contributed by atoms with Crippen LogP contribution >= 0.6 is 11.8 Å². The number of nitrogens with zero attached hydrogens (tertiary/aromatic N) is 1. The van der Waals surface area contributed by atoms with Gasteiger partial charge in [0.2, 0.25) is 5.91 Å². The van der Waals surface area contributed by atoms with Crippen molar-refractivity contribution in [2.75, 3.05) is 0 Å². The molecule has 0 aromatic carbocycles. The van der Waals surface area contributed by atoms with E-state index in [4.69, 9.17) is 4.99 Å². The van der Waals surface area contributed by atoms with Gasteiger partial charge in [-0.25, -0.2) is 0 Å². The number of fused-ring (bicyclic) bond motifs is 2. The molecule has 0 radical (unpaired) electrons. The lowest BCUT2D eigenvalue weighted by Crippen LogP contribution is -2.50. The third-order valence-electron chi connectivity index (χ3n) is 5.11. The molecular formula is C14H22N2O2S. The second kappa shape index (κ2) is 4.22. The van der Waals surface area contributed by atoms with Gasteiger partial charge in [-0.3, -0.25) is 9.79 Å². The van der Waals surface area contributed by atoms with E-state index >= 15 is 0 Å². The molecule has 4 nitrogen and oxygen atoms in total. The molecule has 0 spiro atoms. The van der Waals surface area contributed by atoms with Crippen molar-refractivity contribution in [1.29, 1.82) is 0 Å². The topological polar surface area (TPSA) is 61.7 Å². The molecule has 3 aliphatic rings. The number of carbonyl (C=O) groups excluding carboxylic acids is 1. The van der Waals surface area contributed by atoms with E-state index in [1.54, 1.807) is 20.8 Å². The molecule has 5 heteroatoms. The van der Waals surface area contributed by atoms with Crippen molar-refractivity contribution >= 4 is 22.8 Å². The first kappa shape index (κ1) is 13.4. The van der Waals surface area contributed by atoms with Gasteiger partial charge in [0.05, 0.1) is 11.6 Å². The van der Waals surface area contributed by atoms with E-state index in [0.29, 0.717) is 17.1 Å². The van der Waals surface area contributed by atoms with Crippen LogP contribution in [-0.2, 0) is 4.79 Å². The van der Waals surface area contributed by atoms with Crippen LogP contribution in [0.4, 0.5) is 0 Å². The Hall–Kier alpha value is -0.550. The highest BCUT2D eigenvalue weighted by Crippen LogP contribution is 2.47. The van der Waals surface area contributed by atoms with Crippen LogP contribution in [0.1, 0.15) is 46.5 Å². The Morgan fingerprint density at radius 3 is 2.63 bits per heavy atom. The van der Waals surface area contributed by atoms with Crippen molar-refractivity contribution in [3.05, 3.63) is 0 Å². The van der Waals surface area contributed by atoms with E-state index in [0.717, 1.165) is 5.92 Å². The minimum Gasteiger partial charge on any atom is -0.388 e. The van der Waals surface area contributed by atoms with Gasteiger partial charge in [0.1, 0.15) is 4.75 Å². The zero-order valence-corrected chi connectivity index (χ0v) is 12.6. The average molecular weight is 282 g/mol. The second-order valence-corrected chi connectivity index (χ2v) is 8.23. The summed E-state index contributed by atoms with van der Waals surface area (Å²) >= 11 is 1.38. The van der Waals surface area contributed by atoms with E-state index in [9.17, 15) is 9.90 Å². The van der Waals surface area contributed by atoms with Crippen molar-refractivity contribution in [3.8, 4) is 0 Å². The Morgan fingerprint density at radius 1 is 1.42 bits per heavy atom. The Balaban J connectivity index is 1.76. The summed E-state index contributed by atoms with van der Waals surface area (Å²) in [4.78, 5) is 16.9. The minimum absolute atomic E-state index is 0.132. The van der Waals surface area contributed by atoms with Crippen LogP contribution in [-0.4, -0.2) is 32.6 Å². The molecular weight excluding hydrogens is 260 g/mol. The Kier molecular flexibility index (Phi) is 2.98. The lowest BCUT2D eigenvalue weighted by atomic mass is 9.91. The van der Waals surface area contributed by atoms with Crippen molar-refractivity contribution in [2.24, 2.45) is 16.8 Å². The molecule has 2 aliphatic carbocycles. The summed E-state index contributed by atoms with van der Waals surface area (Å²) in [6.07, 6.45) is 5.12. The maximum absolute atomic E-state index is 12.1. The fourth-order valence-electron chi connectivity index (χ4n) is 3.46. The zero-order chi connectivity index (χ0) is 13.8. The van der Waals surface area contributed by atoms with Gasteiger partial charge in [-0.15, -0.1) is 0 Å². The number of aliphatic hydroxyl groups is 1. The lowest BCUT2D eigenvalue weighted by Gasteiger charge is -2.32. The number of amides is 1. The molecule has 3 rings (SSSR count). The van der Waals surface area contributed by atoms with Crippen LogP contribution in [0, 0.1) is 11.8 Å². The first-order valence-corrected chi connectivity index (χ1v) is 7.92. The number of rotatable bonds is 2. The van der Waals surface area contributed by atoms with Gasteiger partial charge >= 0.3 is 0 Å². The van der Waals surface area contributed by atoms with E-state index in [2.05, 4.69) is 5.32 Å². The zero-order valence-electron chi connectivity index (χ0n) is 11.8. The monoisotopic (exact) mass is 282 g/mol. The molecule has 2 bridgehead atoms. The van der Waals surface area contributed by atoms with E-state index in [1.165, 1.54) is 37.4 Å². The summed E-state index contributed by atoms with van der Waals surface area (Å²) in [5.74, 6) is 1.43. The number of thioether (sulfide) groups is 1. The fraction of sp³-hybridized carbons (Fsp3) is 0.857. The van der Waals surface area contributed by atoms with Crippen LogP contribution in [0.5, 0.6) is 0 Å². The Morgan fingerprint density at radius 2 is 2.16 bits per heavy atom. The molecule has 4 atom stereocenters. The molecule has 0 aromatic heterocycles. The highest BCUT2D eigenvalue weighted by atomic mass is 32.2. The standard InChI is InChI=1S/C14H22N2O2S/c1-13(2,18)14(3)11(17)16-12(19-14)15-10-7-8-4-5-9(10)6-8/h8-10,18H,4-7H2,1-3H3,(H,15,16,17)/t8-,9?,10?,14?/m1/s1. The number of carbonyl (C=O) groups is 1. The highest BCUT2D eigenvalue weighted by molar-refractivity contribution is 8.16. The normalized spacial score (nSPS) is 44.1. The Labute approximate surface area is 118 Å².